The van der Waals surface area contributed by atoms with E-state index in [0.29, 0.717) is 22.9 Å². The van der Waals surface area contributed by atoms with Gasteiger partial charge in [0.1, 0.15) is 30.0 Å². The number of aromatic nitrogens is 7. The summed E-state index contributed by atoms with van der Waals surface area (Å²) in [5.41, 5.74) is 0.641. The first kappa shape index (κ1) is 14.9. The lowest BCUT2D eigenvalue weighted by molar-refractivity contribution is 0.421. The van der Waals surface area contributed by atoms with Crippen molar-refractivity contribution in [2.45, 2.75) is 6.54 Å². The number of hydrogen-bond donors (Lipinski definition) is 1. The maximum absolute atomic E-state index is 13.1. The molecule has 0 aliphatic rings. The molecule has 10 heteroatoms. The first-order valence-corrected chi connectivity index (χ1v) is 7.20. The highest BCUT2D eigenvalue weighted by Gasteiger charge is 2.16. The van der Waals surface area contributed by atoms with Crippen LogP contribution in [-0.2, 0) is 6.54 Å². The van der Waals surface area contributed by atoms with Gasteiger partial charge in [-0.15, -0.1) is 0 Å². The molecule has 0 saturated carbocycles. The van der Waals surface area contributed by atoms with E-state index >= 15 is 0 Å². The molecule has 0 amide bonds. The van der Waals surface area contributed by atoms with Gasteiger partial charge in [0.25, 0.3) is 5.56 Å². The average Bonchev–Trinajstić information content (AvgIpc) is 3.28. The Labute approximate surface area is 139 Å². The van der Waals surface area contributed by atoms with E-state index in [0.717, 1.165) is 6.20 Å². The topological polar surface area (TPSA) is 115 Å². The molecule has 0 fully saturated rings. The summed E-state index contributed by atoms with van der Waals surface area (Å²) >= 11 is 0. The molecule has 0 atom stereocenters. The zero-order valence-electron chi connectivity index (χ0n) is 12.6. The van der Waals surface area contributed by atoms with Crippen molar-refractivity contribution in [1.82, 2.24) is 34.9 Å². The Balaban J connectivity index is 1.80. The molecule has 0 spiro atoms. The SMILES string of the molecule is O=c1[nH]c(-c2cc(-c3ccon3)n(Cc3ncccn3)n2)ncc1F. The summed E-state index contributed by atoms with van der Waals surface area (Å²) in [4.78, 5) is 26.0. The summed E-state index contributed by atoms with van der Waals surface area (Å²) < 4.78 is 19.6. The lowest BCUT2D eigenvalue weighted by atomic mass is 10.2. The van der Waals surface area contributed by atoms with Gasteiger partial charge in [0.05, 0.1) is 11.9 Å². The van der Waals surface area contributed by atoms with Crippen LogP contribution < -0.4 is 5.56 Å². The van der Waals surface area contributed by atoms with Crippen molar-refractivity contribution in [2.75, 3.05) is 0 Å². The number of halogens is 1. The molecule has 0 unspecified atom stereocenters. The minimum atomic E-state index is -0.961. The molecule has 0 bridgehead atoms. The van der Waals surface area contributed by atoms with E-state index in [1.165, 1.54) is 6.26 Å². The summed E-state index contributed by atoms with van der Waals surface area (Å²) in [6.45, 7) is 0.272. The number of H-pyrrole nitrogens is 1. The second kappa shape index (κ2) is 6.07. The van der Waals surface area contributed by atoms with E-state index in [2.05, 4.69) is 30.2 Å². The zero-order chi connectivity index (χ0) is 17.2. The van der Waals surface area contributed by atoms with Crippen LogP contribution in [0, 0.1) is 5.82 Å². The molecule has 25 heavy (non-hydrogen) atoms. The van der Waals surface area contributed by atoms with Crippen LogP contribution in [0.25, 0.3) is 22.9 Å². The molecule has 4 aromatic rings. The largest absolute Gasteiger partial charge is 0.364 e. The van der Waals surface area contributed by atoms with Gasteiger partial charge in [0, 0.05) is 18.5 Å². The Morgan fingerprint density at radius 3 is 2.76 bits per heavy atom. The average molecular weight is 339 g/mol. The Morgan fingerprint density at radius 1 is 1.20 bits per heavy atom. The molecule has 0 aromatic carbocycles. The van der Waals surface area contributed by atoms with Gasteiger partial charge < -0.3 is 9.51 Å². The van der Waals surface area contributed by atoms with E-state index < -0.39 is 11.4 Å². The maximum atomic E-state index is 13.1. The summed E-state index contributed by atoms with van der Waals surface area (Å²) in [6.07, 6.45) is 5.54. The van der Waals surface area contributed by atoms with Crippen LogP contribution in [0.5, 0.6) is 0 Å². The second-order valence-electron chi connectivity index (χ2n) is 5.03. The fourth-order valence-corrected chi connectivity index (χ4v) is 2.26. The van der Waals surface area contributed by atoms with Crippen molar-refractivity contribution in [1.29, 1.82) is 0 Å². The van der Waals surface area contributed by atoms with E-state index in [9.17, 15) is 9.18 Å². The van der Waals surface area contributed by atoms with E-state index in [1.807, 2.05) is 0 Å². The summed E-state index contributed by atoms with van der Waals surface area (Å²) in [7, 11) is 0. The molecular formula is C15H10FN7O2. The van der Waals surface area contributed by atoms with Crippen LogP contribution in [0.3, 0.4) is 0 Å². The molecular weight excluding hydrogens is 329 g/mol. The molecule has 0 aliphatic heterocycles. The van der Waals surface area contributed by atoms with Gasteiger partial charge in [-0.05, 0) is 12.1 Å². The highest BCUT2D eigenvalue weighted by molar-refractivity contribution is 5.62. The Kier molecular flexibility index (Phi) is 3.61. The molecule has 0 radical (unpaired) electrons. The first-order valence-electron chi connectivity index (χ1n) is 7.20. The molecule has 9 nitrogen and oxygen atoms in total. The van der Waals surface area contributed by atoms with E-state index in [4.69, 9.17) is 4.52 Å². The third kappa shape index (κ3) is 2.92. The van der Waals surface area contributed by atoms with Crippen molar-refractivity contribution in [2.24, 2.45) is 0 Å². The van der Waals surface area contributed by atoms with Gasteiger partial charge in [0.2, 0.25) is 5.82 Å². The van der Waals surface area contributed by atoms with Crippen LogP contribution in [0.2, 0.25) is 0 Å². The molecule has 124 valence electrons. The van der Waals surface area contributed by atoms with Crippen molar-refractivity contribution in [3.05, 3.63) is 65.0 Å². The second-order valence-corrected chi connectivity index (χ2v) is 5.03. The van der Waals surface area contributed by atoms with Crippen molar-refractivity contribution < 1.29 is 8.91 Å². The van der Waals surface area contributed by atoms with Crippen molar-refractivity contribution in [3.8, 4) is 22.9 Å². The van der Waals surface area contributed by atoms with Crippen LogP contribution >= 0.6 is 0 Å². The van der Waals surface area contributed by atoms with E-state index in [1.54, 1.807) is 35.3 Å². The van der Waals surface area contributed by atoms with Crippen molar-refractivity contribution in [3.63, 3.8) is 0 Å². The third-order valence-corrected chi connectivity index (χ3v) is 3.39. The maximum Gasteiger partial charge on any atom is 0.287 e. The van der Waals surface area contributed by atoms with Gasteiger partial charge in [-0.1, -0.05) is 5.16 Å². The number of nitrogens with zero attached hydrogens (tertiary/aromatic N) is 6. The standard InChI is InChI=1S/C15H10FN7O2/c16-9-7-19-14(20-15(9)24)11-6-12(10-2-5-25-22-10)23(21-11)8-13-17-3-1-4-18-13/h1-7H,8H2,(H,19,20,24). The normalized spacial score (nSPS) is 10.9. The van der Waals surface area contributed by atoms with Gasteiger partial charge in [-0.2, -0.15) is 9.49 Å². The Hall–Kier alpha value is -3.69. The molecule has 0 aliphatic carbocycles. The van der Waals surface area contributed by atoms with Gasteiger partial charge >= 0.3 is 0 Å². The number of nitrogens with one attached hydrogen (secondary N) is 1. The molecule has 1 N–H and O–H groups in total. The fraction of sp³-hybridized carbons (Fsp3) is 0.0667. The highest BCUT2D eigenvalue weighted by atomic mass is 19.1. The lowest BCUT2D eigenvalue weighted by Gasteiger charge is -2.03. The number of rotatable bonds is 4. The predicted octanol–water partition coefficient (Wildman–Crippen LogP) is 1.27. The monoisotopic (exact) mass is 339 g/mol. The number of hydrogen-bond acceptors (Lipinski definition) is 7. The molecule has 4 heterocycles. The quantitative estimate of drug-likeness (QED) is 0.595. The fourth-order valence-electron chi connectivity index (χ4n) is 2.26. The van der Waals surface area contributed by atoms with Gasteiger partial charge in [-0.3, -0.25) is 9.48 Å². The lowest BCUT2D eigenvalue weighted by Crippen LogP contribution is -2.13. The van der Waals surface area contributed by atoms with Crippen molar-refractivity contribution >= 4 is 0 Å². The predicted molar refractivity (Wildman–Crippen MR) is 82.7 cm³/mol. The van der Waals surface area contributed by atoms with E-state index in [-0.39, 0.29) is 12.4 Å². The number of aromatic amines is 1. The Morgan fingerprint density at radius 2 is 2.04 bits per heavy atom. The summed E-state index contributed by atoms with van der Waals surface area (Å²) in [6, 6.07) is 5.05. The van der Waals surface area contributed by atoms with Crippen LogP contribution in [0.1, 0.15) is 5.82 Å². The summed E-state index contributed by atoms with van der Waals surface area (Å²) in [5, 5.41) is 8.30. The molecule has 4 aromatic heterocycles. The van der Waals surface area contributed by atoms with Crippen LogP contribution in [-0.4, -0.2) is 34.9 Å². The molecule has 0 saturated heterocycles. The van der Waals surface area contributed by atoms with Gasteiger partial charge in [-0.25, -0.2) is 15.0 Å². The first-order chi connectivity index (χ1) is 12.2. The van der Waals surface area contributed by atoms with Crippen LogP contribution in [0.15, 0.2) is 52.4 Å². The minimum Gasteiger partial charge on any atom is -0.364 e. The smallest absolute Gasteiger partial charge is 0.287 e. The van der Waals surface area contributed by atoms with Gasteiger partial charge in [0.15, 0.2) is 5.82 Å². The minimum absolute atomic E-state index is 0.142. The van der Waals surface area contributed by atoms with Crippen LogP contribution in [0.4, 0.5) is 4.39 Å². The highest BCUT2D eigenvalue weighted by Crippen LogP contribution is 2.23. The Bertz CT molecular complexity index is 1060. The summed E-state index contributed by atoms with van der Waals surface area (Å²) in [5.74, 6) is -0.274. The molecule has 4 rings (SSSR count). The zero-order valence-corrected chi connectivity index (χ0v) is 12.6. The third-order valence-electron chi connectivity index (χ3n) is 3.39.